The summed E-state index contributed by atoms with van der Waals surface area (Å²) in [6.07, 6.45) is 3.54. The van der Waals surface area contributed by atoms with Gasteiger partial charge in [-0.25, -0.2) is 0 Å². The molecule has 2 aliphatic rings. The summed E-state index contributed by atoms with van der Waals surface area (Å²) in [6.45, 7) is 4.88. The number of ether oxygens (including phenoxy) is 1. The molecule has 1 saturated heterocycles. The largest absolute Gasteiger partial charge is 0.481 e. The average Bonchev–Trinajstić information content (AvgIpc) is 2.71. The SMILES string of the molecule is CC1(C)C(C(=O)O)C1C1CCCCO1. The van der Waals surface area contributed by atoms with E-state index in [2.05, 4.69) is 0 Å². The van der Waals surface area contributed by atoms with Gasteiger partial charge in [0.1, 0.15) is 0 Å². The summed E-state index contributed by atoms with van der Waals surface area (Å²) in [5, 5.41) is 9.03. The van der Waals surface area contributed by atoms with Crippen molar-refractivity contribution in [2.45, 2.75) is 39.2 Å². The minimum atomic E-state index is -0.658. The zero-order valence-electron chi connectivity index (χ0n) is 8.82. The number of carbonyl (C=O) groups is 1. The summed E-state index contributed by atoms with van der Waals surface area (Å²) in [5.41, 5.74) is -0.0617. The number of hydrogen-bond acceptors (Lipinski definition) is 2. The van der Waals surface area contributed by atoms with E-state index in [4.69, 9.17) is 9.84 Å². The molecule has 3 nitrogen and oxygen atoms in total. The summed E-state index contributed by atoms with van der Waals surface area (Å²) < 4.78 is 5.65. The van der Waals surface area contributed by atoms with Gasteiger partial charge in [-0.05, 0) is 24.7 Å². The lowest BCUT2D eigenvalue weighted by Crippen LogP contribution is -2.23. The maximum atomic E-state index is 11.0. The van der Waals surface area contributed by atoms with Gasteiger partial charge >= 0.3 is 5.97 Å². The topological polar surface area (TPSA) is 46.5 Å². The Morgan fingerprint density at radius 1 is 1.43 bits per heavy atom. The van der Waals surface area contributed by atoms with Crippen molar-refractivity contribution in [2.24, 2.45) is 17.3 Å². The van der Waals surface area contributed by atoms with Crippen LogP contribution in [0.25, 0.3) is 0 Å². The smallest absolute Gasteiger partial charge is 0.307 e. The van der Waals surface area contributed by atoms with Crippen LogP contribution in [0.5, 0.6) is 0 Å². The molecule has 14 heavy (non-hydrogen) atoms. The fourth-order valence-electron chi connectivity index (χ4n) is 2.89. The molecular weight excluding hydrogens is 180 g/mol. The van der Waals surface area contributed by atoms with Crippen LogP contribution in [-0.4, -0.2) is 23.8 Å². The average molecular weight is 198 g/mol. The number of rotatable bonds is 2. The summed E-state index contributed by atoms with van der Waals surface area (Å²) in [5.74, 6) is -0.611. The molecular formula is C11H18O3. The van der Waals surface area contributed by atoms with E-state index in [-0.39, 0.29) is 23.4 Å². The number of carboxylic acid groups (broad SMARTS) is 1. The standard InChI is InChI=1S/C11H18O3/c1-11(2)8(9(11)10(12)13)7-5-3-4-6-14-7/h7-9H,3-6H2,1-2H3,(H,12,13). The number of carboxylic acids is 1. The molecule has 3 heteroatoms. The third-order valence-electron chi connectivity index (χ3n) is 3.79. The second-order valence-electron chi connectivity index (χ2n) is 5.07. The minimum absolute atomic E-state index is 0.0617. The Labute approximate surface area is 84.4 Å². The molecule has 0 spiro atoms. The lowest BCUT2D eigenvalue weighted by molar-refractivity contribution is -0.140. The van der Waals surface area contributed by atoms with Gasteiger partial charge in [-0.2, -0.15) is 0 Å². The molecule has 0 amide bonds. The maximum Gasteiger partial charge on any atom is 0.307 e. The van der Waals surface area contributed by atoms with Gasteiger partial charge in [0.15, 0.2) is 0 Å². The van der Waals surface area contributed by atoms with Gasteiger partial charge in [0, 0.05) is 12.5 Å². The molecule has 0 aromatic rings. The van der Waals surface area contributed by atoms with E-state index in [1.165, 1.54) is 6.42 Å². The molecule has 2 rings (SSSR count). The molecule has 1 heterocycles. The third-order valence-corrected chi connectivity index (χ3v) is 3.79. The fourth-order valence-corrected chi connectivity index (χ4v) is 2.89. The maximum absolute atomic E-state index is 11.0. The lowest BCUT2D eigenvalue weighted by atomic mass is 10.00. The summed E-state index contributed by atoms with van der Waals surface area (Å²) in [7, 11) is 0. The lowest BCUT2D eigenvalue weighted by Gasteiger charge is -2.23. The van der Waals surface area contributed by atoms with Gasteiger partial charge in [0.25, 0.3) is 0 Å². The molecule has 3 unspecified atom stereocenters. The van der Waals surface area contributed by atoms with E-state index >= 15 is 0 Å². The van der Waals surface area contributed by atoms with Crippen molar-refractivity contribution in [3.63, 3.8) is 0 Å². The zero-order chi connectivity index (χ0) is 10.3. The van der Waals surface area contributed by atoms with Gasteiger partial charge < -0.3 is 9.84 Å². The Balaban J connectivity index is 2.02. The molecule has 1 aliphatic heterocycles. The molecule has 0 aromatic heterocycles. The minimum Gasteiger partial charge on any atom is -0.481 e. The van der Waals surface area contributed by atoms with Crippen LogP contribution in [0.15, 0.2) is 0 Å². The Kier molecular flexibility index (Phi) is 2.30. The van der Waals surface area contributed by atoms with Crippen molar-refractivity contribution in [3.05, 3.63) is 0 Å². The highest BCUT2D eigenvalue weighted by molar-refractivity contribution is 5.75. The van der Waals surface area contributed by atoms with Crippen molar-refractivity contribution in [3.8, 4) is 0 Å². The predicted molar refractivity (Wildman–Crippen MR) is 52.0 cm³/mol. The fraction of sp³-hybridized carbons (Fsp3) is 0.909. The second kappa shape index (κ2) is 3.23. The van der Waals surface area contributed by atoms with E-state index in [1.807, 2.05) is 13.8 Å². The quantitative estimate of drug-likeness (QED) is 0.737. The van der Waals surface area contributed by atoms with Crippen molar-refractivity contribution < 1.29 is 14.6 Å². The van der Waals surface area contributed by atoms with Crippen LogP contribution in [0.3, 0.4) is 0 Å². The Hall–Kier alpha value is -0.570. The Bertz CT molecular complexity index is 241. The van der Waals surface area contributed by atoms with Crippen LogP contribution in [0.1, 0.15) is 33.1 Å². The summed E-state index contributed by atoms with van der Waals surface area (Å²) in [4.78, 5) is 11.0. The van der Waals surface area contributed by atoms with Crippen LogP contribution in [0, 0.1) is 17.3 Å². The molecule has 1 N–H and O–H groups in total. The van der Waals surface area contributed by atoms with Crippen LogP contribution < -0.4 is 0 Å². The van der Waals surface area contributed by atoms with Gasteiger partial charge in [-0.1, -0.05) is 13.8 Å². The monoisotopic (exact) mass is 198 g/mol. The molecule has 2 fully saturated rings. The van der Waals surface area contributed by atoms with Crippen molar-refractivity contribution >= 4 is 5.97 Å². The molecule has 0 aromatic carbocycles. The van der Waals surface area contributed by atoms with Gasteiger partial charge in [-0.15, -0.1) is 0 Å². The van der Waals surface area contributed by atoms with Crippen LogP contribution in [-0.2, 0) is 9.53 Å². The molecule has 0 bridgehead atoms. The van der Waals surface area contributed by atoms with E-state index in [0.29, 0.717) is 0 Å². The Morgan fingerprint density at radius 3 is 2.57 bits per heavy atom. The number of aliphatic carboxylic acids is 1. The first-order valence-electron chi connectivity index (χ1n) is 5.39. The third kappa shape index (κ3) is 1.44. The predicted octanol–water partition coefficient (Wildman–Crippen LogP) is 1.91. The van der Waals surface area contributed by atoms with Crippen LogP contribution in [0.2, 0.25) is 0 Å². The molecule has 1 saturated carbocycles. The molecule has 80 valence electrons. The highest BCUT2D eigenvalue weighted by atomic mass is 16.5. The van der Waals surface area contributed by atoms with E-state index in [9.17, 15) is 4.79 Å². The van der Waals surface area contributed by atoms with Crippen molar-refractivity contribution in [2.75, 3.05) is 6.61 Å². The van der Waals surface area contributed by atoms with Gasteiger partial charge in [0.2, 0.25) is 0 Å². The highest BCUT2D eigenvalue weighted by Gasteiger charge is 2.65. The normalized spacial score (nSPS) is 40.6. The zero-order valence-corrected chi connectivity index (χ0v) is 8.82. The summed E-state index contributed by atoms with van der Waals surface area (Å²) in [6, 6.07) is 0. The van der Waals surface area contributed by atoms with Crippen LogP contribution >= 0.6 is 0 Å². The van der Waals surface area contributed by atoms with Crippen molar-refractivity contribution in [1.82, 2.24) is 0 Å². The van der Waals surface area contributed by atoms with E-state index < -0.39 is 5.97 Å². The van der Waals surface area contributed by atoms with Crippen molar-refractivity contribution in [1.29, 1.82) is 0 Å². The second-order valence-corrected chi connectivity index (χ2v) is 5.07. The first-order chi connectivity index (χ1) is 6.55. The number of hydrogen-bond donors (Lipinski definition) is 1. The van der Waals surface area contributed by atoms with Gasteiger partial charge in [0.05, 0.1) is 12.0 Å². The van der Waals surface area contributed by atoms with Gasteiger partial charge in [-0.3, -0.25) is 4.79 Å². The highest BCUT2D eigenvalue weighted by Crippen LogP contribution is 2.61. The van der Waals surface area contributed by atoms with E-state index in [0.717, 1.165) is 19.4 Å². The molecule has 0 radical (unpaired) electrons. The molecule has 3 atom stereocenters. The first kappa shape index (κ1) is 9.97. The van der Waals surface area contributed by atoms with Crippen LogP contribution in [0.4, 0.5) is 0 Å². The van der Waals surface area contributed by atoms with E-state index in [1.54, 1.807) is 0 Å². The molecule has 1 aliphatic carbocycles. The summed E-state index contributed by atoms with van der Waals surface area (Å²) >= 11 is 0. The Morgan fingerprint density at radius 2 is 2.14 bits per heavy atom. The first-order valence-corrected chi connectivity index (χ1v) is 5.39.